The fourth-order valence-electron chi connectivity index (χ4n) is 2.13. The molecule has 0 aliphatic heterocycles. The Morgan fingerprint density at radius 3 is 2.50 bits per heavy atom. The van der Waals surface area contributed by atoms with Crippen molar-refractivity contribution in [3.8, 4) is 0 Å². The molecule has 0 atom stereocenters. The average molecular weight is 316 g/mol. The lowest BCUT2D eigenvalue weighted by Crippen LogP contribution is -2.15. The summed E-state index contributed by atoms with van der Waals surface area (Å²) in [5.74, 6) is -0.477. The van der Waals surface area contributed by atoms with Gasteiger partial charge >= 0.3 is 0 Å². The maximum absolute atomic E-state index is 12.4. The summed E-state index contributed by atoms with van der Waals surface area (Å²) in [6, 6.07) is 10.2. The molecular weight excluding hydrogens is 300 g/mol. The lowest BCUT2D eigenvalue weighted by atomic mass is 10.1. The molecule has 0 heterocycles. The predicted molar refractivity (Wildman–Crippen MR) is 88.7 cm³/mol. The first kappa shape index (κ1) is 16.0. The summed E-state index contributed by atoms with van der Waals surface area (Å²) in [4.78, 5) is 23.8. The van der Waals surface area contributed by atoms with Crippen molar-refractivity contribution in [3.05, 3.63) is 63.2 Å². The van der Waals surface area contributed by atoms with Gasteiger partial charge in [0.1, 0.15) is 5.56 Å². The molecular formula is C16H16N2O3S. The summed E-state index contributed by atoms with van der Waals surface area (Å²) in [6.45, 7) is 3.85. The van der Waals surface area contributed by atoms with E-state index in [0.29, 0.717) is 5.69 Å². The smallest absolute Gasteiger partial charge is 0.282 e. The minimum atomic E-state index is -0.541. The maximum Gasteiger partial charge on any atom is 0.282 e. The highest BCUT2D eigenvalue weighted by Gasteiger charge is 2.21. The van der Waals surface area contributed by atoms with Gasteiger partial charge in [-0.15, -0.1) is 11.8 Å². The molecule has 0 saturated heterocycles. The number of nitrogens with zero attached hydrogens (tertiary/aromatic N) is 1. The van der Waals surface area contributed by atoms with Gasteiger partial charge in [-0.1, -0.05) is 17.7 Å². The van der Waals surface area contributed by atoms with Crippen molar-refractivity contribution in [2.45, 2.75) is 18.7 Å². The fraction of sp³-hybridized carbons (Fsp3) is 0.188. The summed E-state index contributed by atoms with van der Waals surface area (Å²) < 4.78 is 0. The van der Waals surface area contributed by atoms with Gasteiger partial charge in [0, 0.05) is 16.6 Å². The zero-order valence-electron chi connectivity index (χ0n) is 12.5. The average Bonchev–Trinajstić information content (AvgIpc) is 2.49. The lowest BCUT2D eigenvalue weighted by Gasteiger charge is -2.10. The van der Waals surface area contributed by atoms with Crippen molar-refractivity contribution in [1.29, 1.82) is 0 Å². The van der Waals surface area contributed by atoms with E-state index >= 15 is 0 Å². The van der Waals surface area contributed by atoms with Crippen LogP contribution in [0.1, 0.15) is 21.5 Å². The molecule has 0 fully saturated rings. The highest BCUT2D eigenvalue weighted by atomic mass is 32.2. The molecule has 0 bridgehead atoms. The third kappa shape index (κ3) is 3.46. The molecule has 0 aliphatic carbocycles. The summed E-state index contributed by atoms with van der Waals surface area (Å²) in [5.41, 5.74) is 2.53. The standard InChI is InChI=1S/C16H16N2O3S/c1-10-4-6-14(11(2)8-10)17-16(19)13-9-12(22-3)5-7-15(13)18(20)21/h4-9H,1-3H3,(H,17,19). The van der Waals surface area contributed by atoms with Crippen LogP contribution >= 0.6 is 11.8 Å². The van der Waals surface area contributed by atoms with Crippen molar-refractivity contribution >= 4 is 29.0 Å². The number of amides is 1. The normalized spacial score (nSPS) is 10.3. The van der Waals surface area contributed by atoms with Crippen molar-refractivity contribution in [2.75, 3.05) is 11.6 Å². The van der Waals surface area contributed by atoms with Gasteiger partial charge in [0.2, 0.25) is 0 Å². The number of hydrogen-bond donors (Lipinski definition) is 1. The predicted octanol–water partition coefficient (Wildman–Crippen LogP) is 4.19. The van der Waals surface area contributed by atoms with E-state index in [1.807, 2.05) is 32.2 Å². The molecule has 2 rings (SSSR count). The number of aryl methyl sites for hydroxylation is 2. The zero-order valence-corrected chi connectivity index (χ0v) is 13.4. The SMILES string of the molecule is CSc1ccc([N+](=O)[O-])c(C(=O)Nc2ccc(C)cc2C)c1. The van der Waals surface area contributed by atoms with Crippen molar-refractivity contribution < 1.29 is 9.72 Å². The Bertz CT molecular complexity index is 744. The Balaban J connectivity index is 2.38. The molecule has 0 spiro atoms. The number of nitro groups is 1. The molecule has 0 saturated carbocycles. The van der Waals surface area contributed by atoms with Gasteiger partial charge < -0.3 is 5.32 Å². The van der Waals surface area contributed by atoms with E-state index in [4.69, 9.17) is 0 Å². The zero-order chi connectivity index (χ0) is 16.3. The number of carbonyl (C=O) groups excluding carboxylic acids is 1. The molecule has 2 aromatic rings. The van der Waals surface area contributed by atoms with Gasteiger partial charge in [0.25, 0.3) is 11.6 Å². The minimum absolute atomic E-state index is 0.0665. The Morgan fingerprint density at radius 2 is 1.91 bits per heavy atom. The number of carbonyl (C=O) groups is 1. The second-order valence-electron chi connectivity index (χ2n) is 4.91. The van der Waals surface area contributed by atoms with Gasteiger partial charge in [-0.2, -0.15) is 0 Å². The van der Waals surface area contributed by atoms with Crippen LogP contribution in [0.4, 0.5) is 11.4 Å². The molecule has 6 heteroatoms. The topological polar surface area (TPSA) is 72.2 Å². The maximum atomic E-state index is 12.4. The number of thioether (sulfide) groups is 1. The summed E-state index contributed by atoms with van der Waals surface area (Å²) in [6.07, 6.45) is 1.85. The monoisotopic (exact) mass is 316 g/mol. The van der Waals surface area contributed by atoms with Crippen molar-refractivity contribution in [3.63, 3.8) is 0 Å². The quantitative estimate of drug-likeness (QED) is 0.521. The molecule has 5 nitrogen and oxygen atoms in total. The van der Waals surface area contributed by atoms with Crippen LogP contribution in [0, 0.1) is 24.0 Å². The highest BCUT2D eigenvalue weighted by Crippen LogP contribution is 2.26. The molecule has 22 heavy (non-hydrogen) atoms. The van der Waals surface area contributed by atoms with E-state index in [0.717, 1.165) is 16.0 Å². The van der Waals surface area contributed by atoms with Crippen LogP contribution in [-0.4, -0.2) is 17.1 Å². The second kappa shape index (κ2) is 6.62. The van der Waals surface area contributed by atoms with Crippen LogP contribution in [0.3, 0.4) is 0 Å². The fourth-order valence-corrected chi connectivity index (χ4v) is 2.57. The Hall–Kier alpha value is -2.34. The number of benzene rings is 2. The lowest BCUT2D eigenvalue weighted by molar-refractivity contribution is -0.385. The van der Waals surface area contributed by atoms with Gasteiger partial charge in [-0.05, 0) is 43.9 Å². The number of anilines is 1. The number of rotatable bonds is 4. The van der Waals surface area contributed by atoms with E-state index < -0.39 is 10.8 Å². The summed E-state index contributed by atoms with van der Waals surface area (Å²) >= 11 is 1.43. The van der Waals surface area contributed by atoms with E-state index in [1.165, 1.54) is 17.8 Å². The highest BCUT2D eigenvalue weighted by molar-refractivity contribution is 7.98. The van der Waals surface area contributed by atoms with Crippen LogP contribution < -0.4 is 5.32 Å². The Morgan fingerprint density at radius 1 is 1.18 bits per heavy atom. The van der Waals surface area contributed by atoms with Gasteiger partial charge in [-0.3, -0.25) is 14.9 Å². The molecule has 1 N–H and O–H groups in total. The van der Waals surface area contributed by atoms with E-state index in [9.17, 15) is 14.9 Å². The van der Waals surface area contributed by atoms with Crippen molar-refractivity contribution in [2.24, 2.45) is 0 Å². The number of nitro benzene ring substituents is 1. The third-order valence-corrected chi connectivity index (χ3v) is 4.00. The van der Waals surface area contributed by atoms with Crippen LogP contribution in [0.5, 0.6) is 0 Å². The van der Waals surface area contributed by atoms with Gasteiger partial charge in [0.15, 0.2) is 0 Å². The van der Waals surface area contributed by atoms with Crippen LogP contribution in [0.15, 0.2) is 41.3 Å². The Labute approximate surface area is 132 Å². The van der Waals surface area contributed by atoms with Gasteiger partial charge in [0.05, 0.1) is 4.92 Å². The molecule has 0 unspecified atom stereocenters. The van der Waals surface area contributed by atoms with Crippen LogP contribution in [0.2, 0.25) is 0 Å². The second-order valence-corrected chi connectivity index (χ2v) is 5.79. The van der Waals surface area contributed by atoms with E-state index in [-0.39, 0.29) is 11.3 Å². The molecule has 114 valence electrons. The molecule has 0 radical (unpaired) electrons. The Kier molecular flexibility index (Phi) is 4.82. The minimum Gasteiger partial charge on any atom is -0.322 e. The first-order valence-corrected chi connectivity index (χ1v) is 7.86. The first-order valence-electron chi connectivity index (χ1n) is 6.63. The molecule has 0 aromatic heterocycles. The van der Waals surface area contributed by atoms with Crippen LogP contribution in [-0.2, 0) is 0 Å². The largest absolute Gasteiger partial charge is 0.322 e. The number of nitrogens with one attached hydrogen (secondary N) is 1. The summed E-state index contributed by atoms with van der Waals surface area (Å²) in [7, 11) is 0. The molecule has 0 aliphatic rings. The molecule has 2 aromatic carbocycles. The number of hydrogen-bond acceptors (Lipinski definition) is 4. The van der Waals surface area contributed by atoms with E-state index in [1.54, 1.807) is 18.2 Å². The summed E-state index contributed by atoms with van der Waals surface area (Å²) in [5, 5.41) is 13.9. The first-order chi connectivity index (χ1) is 10.4. The van der Waals surface area contributed by atoms with E-state index in [2.05, 4.69) is 5.32 Å². The third-order valence-electron chi connectivity index (χ3n) is 3.28. The van der Waals surface area contributed by atoms with Crippen molar-refractivity contribution in [1.82, 2.24) is 0 Å². The van der Waals surface area contributed by atoms with Crippen LogP contribution in [0.25, 0.3) is 0 Å². The van der Waals surface area contributed by atoms with Gasteiger partial charge in [-0.25, -0.2) is 0 Å². The molecule has 1 amide bonds.